The van der Waals surface area contributed by atoms with Gasteiger partial charge in [-0.2, -0.15) is 0 Å². The molecule has 0 spiro atoms. The number of fused-ring (bicyclic) bond motifs is 1. The van der Waals surface area contributed by atoms with Crippen LogP contribution in [0.5, 0.6) is 5.75 Å². The molecule has 188 valence electrons. The van der Waals surface area contributed by atoms with Gasteiger partial charge in [0, 0.05) is 30.2 Å². The van der Waals surface area contributed by atoms with Gasteiger partial charge in [-0.3, -0.25) is 19.5 Å². The average molecular weight is 520 g/mol. The Hall–Kier alpha value is -4.28. The van der Waals surface area contributed by atoms with Crippen LogP contribution in [0.3, 0.4) is 0 Å². The molecule has 37 heavy (non-hydrogen) atoms. The number of nitrogens with zero attached hydrogens (tertiary/aromatic N) is 5. The van der Waals surface area contributed by atoms with Crippen molar-refractivity contribution in [3.8, 4) is 5.75 Å². The van der Waals surface area contributed by atoms with Gasteiger partial charge in [-0.25, -0.2) is 0 Å². The molecule has 2 aromatic carbocycles. The zero-order chi connectivity index (χ0) is 25.8. The molecule has 11 heteroatoms. The van der Waals surface area contributed by atoms with E-state index in [9.17, 15) is 9.59 Å². The predicted molar refractivity (Wildman–Crippen MR) is 133 cm³/mol. The van der Waals surface area contributed by atoms with Gasteiger partial charge in [-0.15, -0.1) is 10.2 Å². The van der Waals surface area contributed by atoms with Gasteiger partial charge in [0.1, 0.15) is 24.9 Å². The van der Waals surface area contributed by atoms with Crippen molar-refractivity contribution in [2.24, 2.45) is 0 Å². The molecule has 0 fully saturated rings. The molecule has 1 aliphatic rings. The van der Waals surface area contributed by atoms with E-state index in [4.69, 9.17) is 25.9 Å². The standard InChI is InChI=1S/C26H22ClN5O5/c27-21-12-19(36-11-10-33)7-8-20(21)26(35)31-15-23(34)32(14-18-4-1-2-6-22(18)31)24(25-30-29-16-37-25)17-5-3-9-28-13-17/h1-9,12-13,16,24,33H,10-11,14-15H2. The first-order valence-corrected chi connectivity index (χ1v) is 11.8. The van der Waals surface area contributed by atoms with E-state index in [-0.39, 0.29) is 48.7 Å². The summed E-state index contributed by atoms with van der Waals surface area (Å²) < 4.78 is 10.9. The predicted octanol–water partition coefficient (Wildman–Crippen LogP) is 3.27. The van der Waals surface area contributed by atoms with Gasteiger partial charge in [0.25, 0.3) is 5.91 Å². The minimum Gasteiger partial charge on any atom is -0.491 e. The zero-order valence-corrected chi connectivity index (χ0v) is 20.3. The molecule has 3 heterocycles. The Morgan fingerprint density at radius 1 is 1.16 bits per heavy atom. The molecular formula is C26H22ClN5O5. The van der Waals surface area contributed by atoms with E-state index in [1.807, 2.05) is 24.3 Å². The molecule has 5 rings (SSSR count). The molecule has 0 radical (unpaired) electrons. The number of ether oxygens (including phenoxy) is 1. The van der Waals surface area contributed by atoms with Crippen molar-refractivity contribution in [1.29, 1.82) is 0 Å². The van der Waals surface area contributed by atoms with E-state index in [0.717, 1.165) is 5.56 Å². The number of halogens is 1. The van der Waals surface area contributed by atoms with Crippen LogP contribution in [0.1, 0.15) is 33.4 Å². The fourth-order valence-electron chi connectivity index (χ4n) is 4.27. The first-order chi connectivity index (χ1) is 18.1. The van der Waals surface area contributed by atoms with Crippen LogP contribution in [0, 0.1) is 0 Å². The third-order valence-electron chi connectivity index (χ3n) is 5.94. The Labute approximate surface area is 217 Å². The Bertz CT molecular complexity index is 1400. The quantitative estimate of drug-likeness (QED) is 0.395. The van der Waals surface area contributed by atoms with E-state index >= 15 is 0 Å². The molecule has 0 saturated carbocycles. The molecule has 1 unspecified atom stereocenters. The van der Waals surface area contributed by atoms with Crippen LogP contribution in [0.4, 0.5) is 5.69 Å². The number of hydrogen-bond acceptors (Lipinski definition) is 8. The summed E-state index contributed by atoms with van der Waals surface area (Å²) in [5, 5.41) is 17.0. The van der Waals surface area contributed by atoms with Gasteiger partial charge >= 0.3 is 0 Å². The molecule has 4 aromatic rings. The lowest BCUT2D eigenvalue weighted by molar-refractivity contribution is -0.132. The van der Waals surface area contributed by atoms with Crippen molar-refractivity contribution in [3.63, 3.8) is 0 Å². The average Bonchev–Trinajstić information content (AvgIpc) is 3.40. The monoisotopic (exact) mass is 519 g/mol. The third-order valence-corrected chi connectivity index (χ3v) is 6.25. The zero-order valence-electron chi connectivity index (χ0n) is 19.5. The number of benzene rings is 2. The molecule has 1 atom stereocenters. The third kappa shape index (κ3) is 5.02. The van der Waals surface area contributed by atoms with Crippen molar-refractivity contribution >= 4 is 29.1 Å². The molecule has 0 saturated heterocycles. The number of hydrogen-bond donors (Lipinski definition) is 1. The number of para-hydroxylation sites is 1. The maximum absolute atomic E-state index is 13.7. The maximum Gasteiger partial charge on any atom is 0.260 e. The van der Waals surface area contributed by atoms with Crippen molar-refractivity contribution in [2.45, 2.75) is 12.6 Å². The summed E-state index contributed by atoms with van der Waals surface area (Å²) in [7, 11) is 0. The molecule has 10 nitrogen and oxygen atoms in total. The lowest BCUT2D eigenvalue weighted by atomic mass is 10.1. The van der Waals surface area contributed by atoms with Crippen LogP contribution in [-0.4, -0.2) is 56.8 Å². The lowest BCUT2D eigenvalue weighted by Crippen LogP contribution is -2.42. The minimum atomic E-state index is -0.696. The number of carbonyl (C=O) groups is 2. The topological polar surface area (TPSA) is 122 Å². The number of aliphatic hydroxyl groups excluding tert-OH is 1. The van der Waals surface area contributed by atoms with E-state index in [0.29, 0.717) is 17.0 Å². The summed E-state index contributed by atoms with van der Waals surface area (Å²) in [6.45, 7) is -0.0844. The Morgan fingerprint density at radius 3 is 2.76 bits per heavy atom. The SMILES string of the molecule is O=C(c1ccc(OCCO)cc1Cl)N1CC(=O)N(C(c2cccnc2)c2nnco2)Cc2ccccc21. The summed E-state index contributed by atoms with van der Waals surface area (Å²) in [6.07, 6.45) is 4.49. The number of anilines is 1. The van der Waals surface area contributed by atoms with Gasteiger partial charge in [0.05, 0.1) is 17.2 Å². The molecule has 0 bridgehead atoms. The normalized spacial score (nSPS) is 14.2. The second-order valence-electron chi connectivity index (χ2n) is 8.22. The van der Waals surface area contributed by atoms with Gasteiger partial charge in [0.2, 0.25) is 18.2 Å². The van der Waals surface area contributed by atoms with Crippen LogP contribution in [0.25, 0.3) is 0 Å². The highest BCUT2D eigenvalue weighted by Gasteiger charge is 2.37. The summed E-state index contributed by atoms with van der Waals surface area (Å²) in [6, 6.07) is 14.9. The highest BCUT2D eigenvalue weighted by atomic mass is 35.5. The second kappa shape index (κ2) is 10.8. The van der Waals surface area contributed by atoms with Crippen LogP contribution < -0.4 is 9.64 Å². The Morgan fingerprint density at radius 2 is 2.03 bits per heavy atom. The van der Waals surface area contributed by atoms with Crippen molar-refractivity contribution in [3.05, 3.63) is 101 Å². The number of rotatable bonds is 7. The van der Waals surface area contributed by atoms with Gasteiger partial charge in [0.15, 0.2) is 0 Å². The van der Waals surface area contributed by atoms with E-state index in [2.05, 4.69) is 15.2 Å². The van der Waals surface area contributed by atoms with Crippen molar-refractivity contribution in [1.82, 2.24) is 20.1 Å². The van der Waals surface area contributed by atoms with Crippen LogP contribution in [0.15, 0.2) is 77.8 Å². The Kier molecular flexibility index (Phi) is 7.11. The fourth-order valence-corrected chi connectivity index (χ4v) is 4.52. The number of amides is 2. The van der Waals surface area contributed by atoms with Crippen LogP contribution in [0.2, 0.25) is 5.02 Å². The molecular weight excluding hydrogens is 498 g/mol. The summed E-state index contributed by atoms with van der Waals surface area (Å²) >= 11 is 6.43. The summed E-state index contributed by atoms with van der Waals surface area (Å²) in [5.74, 6) is -0.0965. The van der Waals surface area contributed by atoms with Crippen LogP contribution >= 0.6 is 11.6 Å². The molecule has 0 aliphatic carbocycles. The number of aromatic nitrogens is 3. The van der Waals surface area contributed by atoms with E-state index < -0.39 is 11.9 Å². The van der Waals surface area contributed by atoms with Crippen LogP contribution in [-0.2, 0) is 11.3 Å². The highest BCUT2D eigenvalue weighted by Crippen LogP contribution is 2.35. The number of carbonyl (C=O) groups excluding carboxylic acids is 2. The van der Waals surface area contributed by atoms with Gasteiger partial charge < -0.3 is 19.2 Å². The molecule has 1 aliphatic heterocycles. The maximum atomic E-state index is 13.7. The number of aliphatic hydroxyl groups is 1. The van der Waals surface area contributed by atoms with E-state index in [1.165, 1.54) is 17.4 Å². The second-order valence-corrected chi connectivity index (χ2v) is 8.63. The number of pyridine rings is 1. The first kappa shape index (κ1) is 24.4. The summed E-state index contributed by atoms with van der Waals surface area (Å²) in [4.78, 5) is 34.7. The van der Waals surface area contributed by atoms with Crippen molar-refractivity contribution < 1.29 is 23.8 Å². The fraction of sp³-hybridized carbons (Fsp3) is 0.192. The van der Waals surface area contributed by atoms with Gasteiger partial charge in [-0.05, 0) is 35.9 Å². The van der Waals surface area contributed by atoms with Crippen molar-refractivity contribution in [2.75, 3.05) is 24.7 Å². The van der Waals surface area contributed by atoms with E-state index in [1.54, 1.807) is 41.6 Å². The first-order valence-electron chi connectivity index (χ1n) is 11.4. The largest absolute Gasteiger partial charge is 0.491 e. The molecule has 2 aromatic heterocycles. The summed E-state index contributed by atoms with van der Waals surface area (Å²) in [5.41, 5.74) is 2.26. The Balaban J connectivity index is 1.52. The lowest BCUT2D eigenvalue weighted by Gasteiger charge is -2.28. The molecule has 1 N–H and O–H groups in total. The smallest absolute Gasteiger partial charge is 0.260 e. The highest BCUT2D eigenvalue weighted by molar-refractivity contribution is 6.34. The van der Waals surface area contributed by atoms with Gasteiger partial charge in [-0.1, -0.05) is 35.9 Å². The minimum absolute atomic E-state index is 0.103. The molecule has 2 amide bonds.